The fourth-order valence-corrected chi connectivity index (χ4v) is 3.24. The van der Waals surface area contributed by atoms with Crippen LogP contribution < -0.4 is 15.6 Å². The van der Waals surface area contributed by atoms with E-state index < -0.39 is 0 Å². The number of amides is 1. The maximum absolute atomic E-state index is 12.6. The average Bonchev–Trinajstić information content (AvgIpc) is 3.17. The molecule has 0 aliphatic carbocycles. The Labute approximate surface area is 173 Å². The molecule has 2 aromatic carbocycles. The van der Waals surface area contributed by atoms with Gasteiger partial charge in [-0.05, 0) is 29.8 Å². The van der Waals surface area contributed by atoms with E-state index in [-0.39, 0.29) is 17.9 Å². The molecule has 4 rings (SSSR count). The smallest absolute Gasteiger partial charge is 0.247 e. The lowest BCUT2D eigenvalue weighted by Gasteiger charge is -2.14. The Hall–Kier alpha value is -3.94. The van der Waals surface area contributed by atoms with E-state index >= 15 is 0 Å². The van der Waals surface area contributed by atoms with Crippen molar-refractivity contribution >= 4 is 28.3 Å². The van der Waals surface area contributed by atoms with Crippen molar-refractivity contribution in [2.24, 2.45) is 0 Å². The van der Waals surface area contributed by atoms with E-state index in [1.165, 1.54) is 10.9 Å². The summed E-state index contributed by atoms with van der Waals surface area (Å²) in [5.74, 6) is 0.350. The summed E-state index contributed by atoms with van der Waals surface area (Å²) in [6, 6.07) is 17.0. The number of fused-ring (bicyclic) bond motifs is 1. The highest BCUT2D eigenvalue weighted by atomic mass is 16.2. The number of benzene rings is 2. The van der Waals surface area contributed by atoms with E-state index in [2.05, 4.69) is 15.5 Å². The first-order chi connectivity index (χ1) is 14.5. The van der Waals surface area contributed by atoms with Gasteiger partial charge in [0.15, 0.2) is 0 Å². The van der Waals surface area contributed by atoms with Gasteiger partial charge in [-0.1, -0.05) is 24.3 Å². The number of hydrogen-bond donors (Lipinski definition) is 1. The number of hydrogen-bond acceptors (Lipinski definition) is 5. The lowest BCUT2D eigenvalue weighted by Crippen LogP contribution is -2.23. The van der Waals surface area contributed by atoms with Crippen LogP contribution in [0.4, 0.5) is 11.5 Å². The van der Waals surface area contributed by atoms with Crippen molar-refractivity contribution in [2.75, 3.05) is 24.3 Å². The third kappa shape index (κ3) is 4.07. The fraction of sp³-hybridized carbons (Fsp3) is 0.182. The van der Waals surface area contributed by atoms with Crippen LogP contribution in [0, 0.1) is 0 Å². The van der Waals surface area contributed by atoms with Crippen molar-refractivity contribution in [1.29, 1.82) is 0 Å². The van der Waals surface area contributed by atoms with Crippen molar-refractivity contribution in [3.05, 3.63) is 82.8 Å². The van der Waals surface area contributed by atoms with Crippen LogP contribution in [0.1, 0.15) is 5.56 Å². The molecule has 0 unspecified atom stereocenters. The topological polar surface area (TPSA) is 85.1 Å². The lowest BCUT2D eigenvalue weighted by atomic mass is 10.2. The molecule has 2 heterocycles. The Balaban J connectivity index is 1.48. The van der Waals surface area contributed by atoms with Gasteiger partial charge in [0.25, 0.3) is 0 Å². The third-order valence-corrected chi connectivity index (χ3v) is 4.82. The monoisotopic (exact) mass is 402 g/mol. The van der Waals surface area contributed by atoms with Crippen LogP contribution in [0.25, 0.3) is 10.9 Å². The SMILES string of the molecule is CN(C)c1ccc(Cn2nccc2NC(=O)Cn2ncc(=O)c3ccccc32)cc1. The van der Waals surface area contributed by atoms with E-state index in [0.717, 1.165) is 11.3 Å². The van der Waals surface area contributed by atoms with E-state index in [9.17, 15) is 9.59 Å². The molecule has 1 amide bonds. The van der Waals surface area contributed by atoms with Crippen LogP contribution in [0.3, 0.4) is 0 Å². The summed E-state index contributed by atoms with van der Waals surface area (Å²) in [4.78, 5) is 26.6. The summed E-state index contributed by atoms with van der Waals surface area (Å²) in [5.41, 5.74) is 2.65. The predicted octanol–water partition coefficient (Wildman–Crippen LogP) is 2.35. The zero-order valence-electron chi connectivity index (χ0n) is 16.8. The third-order valence-electron chi connectivity index (χ3n) is 4.82. The van der Waals surface area contributed by atoms with Crippen LogP contribution >= 0.6 is 0 Å². The molecule has 0 saturated carbocycles. The summed E-state index contributed by atoms with van der Waals surface area (Å²) in [6.45, 7) is 0.527. The highest BCUT2D eigenvalue weighted by molar-refractivity contribution is 5.90. The molecule has 0 bridgehead atoms. The number of para-hydroxylation sites is 1. The summed E-state index contributed by atoms with van der Waals surface area (Å²) in [6.07, 6.45) is 2.88. The Morgan fingerprint density at radius 1 is 1.00 bits per heavy atom. The largest absolute Gasteiger partial charge is 0.378 e. The van der Waals surface area contributed by atoms with Crippen LogP contribution in [-0.2, 0) is 17.9 Å². The number of carbonyl (C=O) groups is 1. The second-order valence-electron chi connectivity index (χ2n) is 7.17. The van der Waals surface area contributed by atoms with Gasteiger partial charge < -0.3 is 10.2 Å². The molecule has 30 heavy (non-hydrogen) atoms. The molecule has 0 radical (unpaired) electrons. The van der Waals surface area contributed by atoms with Gasteiger partial charge in [0.2, 0.25) is 11.3 Å². The predicted molar refractivity (Wildman–Crippen MR) is 117 cm³/mol. The standard InChI is InChI=1S/C22H22N6O2/c1-26(2)17-9-7-16(8-10-17)14-28-21(11-12-23-28)25-22(30)15-27-19-6-4-3-5-18(19)20(29)13-24-27/h3-13H,14-15H2,1-2H3,(H,25,30). The van der Waals surface area contributed by atoms with Crippen LogP contribution in [-0.4, -0.2) is 39.6 Å². The quantitative estimate of drug-likeness (QED) is 0.535. The number of nitrogens with one attached hydrogen (secondary N) is 1. The van der Waals surface area contributed by atoms with Crippen molar-refractivity contribution in [1.82, 2.24) is 19.6 Å². The van der Waals surface area contributed by atoms with E-state index in [1.807, 2.05) is 49.3 Å². The molecule has 4 aromatic rings. The Morgan fingerprint density at radius 3 is 2.53 bits per heavy atom. The Kier molecular flexibility index (Phi) is 5.30. The summed E-state index contributed by atoms with van der Waals surface area (Å²) in [5, 5.41) is 11.8. The number of anilines is 2. The molecule has 2 aromatic heterocycles. The van der Waals surface area contributed by atoms with Gasteiger partial charge in [-0.25, -0.2) is 4.68 Å². The second-order valence-corrected chi connectivity index (χ2v) is 7.17. The Morgan fingerprint density at radius 2 is 1.77 bits per heavy atom. The van der Waals surface area contributed by atoms with Crippen LogP contribution in [0.5, 0.6) is 0 Å². The minimum absolute atomic E-state index is 0.0104. The normalized spacial score (nSPS) is 10.9. The first kappa shape index (κ1) is 19.4. The van der Waals surface area contributed by atoms with E-state index in [1.54, 1.807) is 35.1 Å². The van der Waals surface area contributed by atoms with E-state index in [0.29, 0.717) is 23.3 Å². The molecule has 152 valence electrons. The lowest BCUT2D eigenvalue weighted by molar-refractivity contribution is -0.116. The molecular formula is C22H22N6O2. The minimum atomic E-state index is -0.249. The molecule has 0 aliphatic heterocycles. The number of aromatic nitrogens is 4. The Bertz CT molecular complexity index is 1240. The molecule has 1 N–H and O–H groups in total. The molecule has 8 nitrogen and oxygen atoms in total. The van der Waals surface area contributed by atoms with Crippen LogP contribution in [0.15, 0.2) is 71.8 Å². The zero-order chi connectivity index (χ0) is 21.1. The molecule has 0 fully saturated rings. The molecule has 8 heteroatoms. The fourth-order valence-electron chi connectivity index (χ4n) is 3.24. The van der Waals surface area contributed by atoms with Gasteiger partial charge >= 0.3 is 0 Å². The maximum Gasteiger partial charge on any atom is 0.247 e. The number of rotatable bonds is 6. The highest BCUT2D eigenvalue weighted by Crippen LogP contribution is 2.15. The minimum Gasteiger partial charge on any atom is -0.378 e. The van der Waals surface area contributed by atoms with Gasteiger partial charge in [0, 0.05) is 31.2 Å². The van der Waals surface area contributed by atoms with Crippen molar-refractivity contribution in [3.8, 4) is 0 Å². The summed E-state index contributed by atoms with van der Waals surface area (Å²) < 4.78 is 3.26. The van der Waals surface area contributed by atoms with Crippen molar-refractivity contribution < 1.29 is 4.79 Å². The molecular weight excluding hydrogens is 380 g/mol. The number of carbonyl (C=O) groups excluding carboxylic acids is 1. The van der Waals surface area contributed by atoms with Gasteiger partial charge in [-0.3, -0.25) is 14.3 Å². The zero-order valence-corrected chi connectivity index (χ0v) is 16.8. The summed E-state index contributed by atoms with van der Waals surface area (Å²) >= 11 is 0. The molecule has 0 saturated heterocycles. The maximum atomic E-state index is 12.6. The highest BCUT2D eigenvalue weighted by Gasteiger charge is 2.11. The van der Waals surface area contributed by atoms with Crippen molar-refractivity contribution in [2.45, 2.75) is 13.1 Å². The van der Waals surface area contributed by atoms with Gasteiger partial charge in [-0.15, -0.1) is 0 Å². The van der Waals surface area contributed by atoms with Gasteiger partial charge in [0.1, 0.15) is 12.4 Å². The van der Waals surface area contributed by atoms with Crippen molar-refractivity contribution in [3.63, 3.8) is 0 Å². The van der Waals surface area contributed by atoms with Gasteiger partial charge in [0.05, 0.1) is 24.5 Å². The first-order valence-corrected chi connectivity index (χ1v) is 9.54. The van der Waals surface area contributed by atoms with Crippen LogP contribution in [0.2, 0.25) is 0 Å². The van der Waals surface area contributed by atoms with Gasteiger partial charge in [-0.2, -0.15) is 10.2 Å². The number of nitrogens with zero attached hydrogens (tertiary/aromatic N) is 5. The average molecular weight is 402 g/mol. The molecule has 0 spiro atoms. The summed E-state index contributed by atoms with van der Waals surface area (Å²) in [7, 11) is 3.99. The molecule has 0 aliphatic rings. The second kappa shape index (κ2) is 8.20. The molecule has 0 atom stereocenters. The first-order valence-electron chi connectivity index (χ1n) is 9.54. The van der Waals surface area contributed by atoms with E-state index in [4.69, 9.17) is 0 Å².